The zero-order valence-corrected chi connectivity index (χ0v) is 22.0. The van der Waals surface area contributed by atoms with Crippen molar-refractivity contribution in [2.75, 3.05) is 24.0 Å². The zero-order valence-electron chi connectivity index (χ0n) is 18.6. The summed E-state index contributed by atoms with van der Waals surface area (Å²) in [7, 11) is -0.959. The highest BCUT2D eigenvalue weighted by Gasteiger charge is 2.38. The van der Waals surface area contributed by atoms with E-state index in [0.717, 1.165) is 0 Å². The van der Waals surface area contributed by atoms with Crippen molar-refractivity contribution >= 4 is 46.3 Å². The van der Waals surface area contributed by atoms with Gasteiger partial charge in [-0.1, -0.05) is 124 Å². The lowest BCUT2D eigenvalue weighted by Gasteiger charge is -2.31. The molecule has 0 aromatic heterocycles. The Kier molecular flexibility index (Phi) is 11.5. The Morgan fingerprint density at radius 3 is 1.41 bits per heavy atom. The van der Waals surface area contributed by atoms with Crippen molar-refractivity contribution in [3.05, 3.63) is 60.7 Å². The van der Waals surface area contributed by atoms with Crippen molar-refractivity contribution in [1.82, 2.24) is 0 Å². The minimum absolute atomic E-state index is 0.959. The molecule has 0 N–H and O–H groups in total. The van der Waals surface area contributed by atoms with Gasteiger partial charge in [0.05, 0.1) is 23.7 Å². The van der Waals surface area contributed by atoms with Crippen molar-refractivity contribution in [3.8, 4) is 0 Å². The van der Waals surface area contributed by atoms with E-state index >= 15 is 0 Å². The average molecular weight is 466 g/mol. The van der Waals surface area contributed by atoms with Crippen molar-refractivity contribution in [1.29, 1.82) is 0 Å². The molecule has 0 fully saturated rings. The molecule has 2 rings (SSSR count). The molecule has 0 aliphatic heterocycles. The molecule has 2 aromatic rings. The van der Waals surface area contributed by atoms with Gasteiger partial charge in [-0.15, -0.1) is 0 Å². The molecule has 0 nitrogen and oxygen atoms in total. The predicted octanol–water partition coefficient (Wildman–Crippen LogP) is 8.14. The summed E-state index contributed by atoms with van der Waals surface area (Å²) < 4.78 is 0. The largest absolute Gasteiger partial charge is 0.110 e. The first kappa shape index (κ1) is 25.1. The lowest BCUT2D eigenvalue weighted by Crippen LogP contribution is -2.16. The average Bonchev–Trinajstić information content (AvgIpc) is 2.79. The Hall–Kier alpha value is -0.130. The standard InChI is InChI=1S/C25H39P2S2/c1-4-7-20-26(21-8-5-2,22-9-6-3)23-29-27(28,24-16-12-10-13-17-24)25-18-14-11-15-19-25/h10-19H,4-9,20-23H2,1-3H3/q+1. The maximum absolute atomic E-state index is 6.53. The summed E-state index contributed by atoms with van der Waals surface area (Å²) in [5, 5.41) is 0.894. The van der Waals surface area contributed by atoms with E-state index in [9.17, 15) is 0 Å². The van der Waals surface area contributed by atoms with Crippen LogP contribution in [0.4, 0.5) is 0 Å². The molecule has 0 heterocycles. The highest BCUT2D eigenvalue weighted by Crippen LogP contribution is 2.69. The minimum atomic E-state index is -1.84. The van der Waals surface area contributed by atoms with E-state index in [4.69, 9.17) is 11.8 Å². The highest BCUT2D eigenvalue weighted by atomic mass is 32.9. The van der Waals surface area contributed by atoms with Crippen LogP contribution in [-0.2, 0) is 11.8 Å². The van der Waals surface area contributed by atoms with Crippen molar-refractivity contribution < 1.29 is 0 Å². The Morgan fingerprint density at radius 1 is 0.690 bits per heavy atom. The lowest BCUT2D eigenvalue weighted by atomic mass is 10.4. The molecule has 4 heteroatoms. The van der Waals surface area contributed by atoms with E-state index in [1.807, 2.05) is 0 Å². The third-order valence-electron chi connectivity index (χ3n) is 5.66. The second-order valence-corrected chi connectivity index (χ2v) is 20.3. The molecule has 2 aromatic carbocycles. The van der Waals surface area contributed by atoms with Gasteiger partial charge in [-0.3, -0.25) is 0 Å². The second kappa shape index (κ2) is 13.3. The third-order valence-corrected chi connectivity index (χ3v) is 20.0. The molecule has 0 atom stereocenters. The fourth-order valence-corrected chi connectivity index (χ4v) is 19.6. The second-order valence-electron chi connectivity index (χ2n) is 8.05. The Labute approximate surface area is 189 Å². The van der Waals surface area contributed by atoms with Crippen LogP contribution in [-0.4, -0.2) is 24.0 Å². The van der Waals surface area contributed by atoms with E-state index in [-0.39, 0.29) is 0 Å². The molecular weight excluding hydrogens is 426 g/mol. The molecule has 0 radical (unpaired) electrons. The summed E-state index contributed by atoms with van der Waals surface area (Å²) in [5.74, 6) is 0. The van der Waals surface area contributed by atoms with Crippen LogP contribution in [0.5, 0.6) is 0 Å². The maximum Gasteiger partial charge on any atom is 0.110 e. The molecule has 0 spiro atoms. The van der Waals surface area contributed by atoms with Crippen LogP contribution in [0.2, 0.25) is 0 Å². The smallest absolute Gasteiger partial charge is 0.0759 e. The van der Waals surface area contributed by atoms with E-state index < -0.39 is 12.5 Å². The Balaban J connectivity index is 2.35. The molecular formula is C25H39P2S2+. The normalized spacial score (nSPS) is 12.2. The summed E-state index contributed by atoms with van der Waals surface area (Å²) in [5.41, 5.74) is 1.31. The minimum Gasteiger partial charge on any atom is -0.0759 e. The maximum atomic E-state index is 6.53. The molecule has 0 saturated carbocycles. The van der Waals surface area contributed by atoms with Crippen LogP contribution in [0.3, 0.4) is 0 Å². The van der Waals surface area contributed by atoms with Crippen LogP contribution < -0.4 is 10.6 Å². The molecule has 0 aliphatic rings. The van der Waals surface area contributed by atoms with Gasteiger partial charge in [0.25, 0.3) is 0 Å². The molecule has 0 aliphatic carbocycles. The first-order valence-electron chi connectivity index (χ1n) is 11.3. The van der Waals surface area contributed by atoms with Gasteiger partial charge in [-0.2, -0.15) is 0 Å². The molecule has 0 unspecified atom stereocenters. The number of unbranched alkanes of at least 4 members (excludes halogenated alkanes) is 3. The van der Waals surface area contributed by atoms with Crippen molar-refractivity contribution in [2.45, 2.75) is 59.3 Å². The van der Waals surface area contributed by atoms with Crippen molar-refractivity contribution in [3.63, 3.8) is 0 Å². The van der Waals surface area contributed by atoms with Crippen molar-refractivity contribution in [2.24, 2.45) is 0 Å². The molecule has 0 bridgehead atoms. The molecule has 160 valence electrons. The third kappa shape index (κ3) is 7.50. The van der Waals surface area contributed by atoms with Gasteiger partial charge in [0.2, 0.25) is 0 Å². The van der Waals surface area contributed by atoms with Crippen LogP contribution in [0.25, 0.3) is 0 Å². The zero-order chi connectivity index (χ0) is 21.0. The first-order valence-corrected chi connectivity index (χ1v) is 18.2. The lowest BCUT2D eigenvalue weighted by molar-refractivity contribution is 0.837. The fraction of sp³-hybridized carbons (Fsp3) is 0.520. The Morgan fingerprint density at radius 2 is 1.07 bits per heavy atom. The number of rotatable bonds is 14. The summed E-state index contributed by atoms with van der Waals surface area (Å²) >= 11 is 8.70. The van der Waals surface area contributed by atoms with Gasteiger partial charge in [0, 0.05) is 7.26 Å². The quantitative estimate of drug-likeness (QED) is 0.258. The summed E-state index contributed by atoms with van der Waals surface area (Å²) in [6.07, 6.45) is 12.5. The van der Waals surface area contributed by atoms with E-state index in [2.05, 4.69) is 92.8 Å². The monoisotopic (exact) mass is 465 g/mol. The van der Waals surface area contributed by atoms with Gasteiger partial charge in [0.1, 0.15) is 5.49 Å². The summed E-state index contributed by atoms with van der Waals surface area (Å²) in [6, 6.07) is 21.9. The SMILES string of the molecule is CCCC[P+](CCCC)(CCCC)CSP(=S)(c1ccccc1)c1ccccc1. The topological polar surface area (TPSA) is 0 Å². The van der Waals surface area contributed by atoms with Gasteiger partial charge in [0.15, 0.2) is 0 Å². The fourth-order valence-electron chi connectivity index (χ4n) is 3.76. The Bertz CT molecular complexity index is 666. The molecule has 0 amide bonds. The highest BCUT2D eigenvalue weighted by molar-refractivity contribution is 8.76. The van der Waals surface area contributed by atoms with E-state index in [1.165, 1.54) is 73.1 Å². The van der Waals surface area contributed by atoms with Crippen LogP contribution >= 0.6 is 23.9 Å². The first-order chi connectivity index (χ1) is 14.1. The number of hydrogen-bond acceptors (Lipinski definition) is 2. The van der Waals surface area contributed by atoms with Gasteiger partial charge in [-0.05, 0) is 29.9 Å². The summed E-state index contributed by atoms with van der Waals surface area (Å²) in [6.45, 7) is 7.04. The van der Waals surface area contributed by atoms with Crippen LogP contribution in [0.1, 0.15) is 59.3 Å². The number of benzene rings is 2. The predicted molar refractivity (Wildman–Crippen MR) is 145 cm³/mol. The molecule has 0 saturated heterocycles. The van der Waals surface area contributed by atoms with Crippen LogP contribution in [0.15, 0.2) is 60.7 Å². The van der Waals surface area contributed by atoms with Crippen LogP contribution in [0, 0.1) is 0 Å². The van der Waals surface area contributed by atoms with Gasteiger partial charge in [-0.25, -0.2) is 0 Å². The molecule has 29 heavy (non-hydrogen) atoms. The summed E-state index contributed by atoms with van der Waals surface area (Å²) in [4.78, 5) is 0. The van der Waals surface area contributed by atoms with Gasteiger partial charge >= 0.3 is 0 Å². The van der Waals surface area contributed by atoms with Gasteiger partial charge < -0.3 is 0 Å². The van der Waals surface area contributed by atoms with E-state index in [0.29, 0.717) is 0 Å². The number of hydrogen-bond donors (Lipinski definition) is 0. The van der Waals surface area contributed by atoms with E-state index in [1.54, 1.807) is 0 Å².